The third-order valence-electron chi connectivity index (χ3n) is 4.47. The van der Waals surface area contributed by atoms with Gasteiger partial charge in [-0.25, -0.2) is 9.18 Å². The molecule has 1 N–H and O–H groups in total. The minimum absolute atomic E-state index is 0.112. The Kier molecular flexibility index (Phi) is 4.96. The lowest BCUT2D eigenvalue weighted by Crippen LogP contribution is -2.35. The van der Waals surface area contributed by atoms with Gasteiger partial charge in [-0.15, -0.1) is 0 Å². The molecule has 4 rings (SSSR count). The number of pyridine rings is 1. The van der Waals surface area contributed by atoms with Crippen molar-refractivity contribution in [1.29, 1.82) is 0 Å². The van der Waals surface area contributed by atoms with Crippen molar-refractivity contribution < 1.29 is 23.5 Å². The Hall–Kier alpha value is -2.63. The second-order valence-electron chi connectivity index (χ2n) is 6.34. The molecule has 10 heteroatoms. The van der Waals surface area contributed by atoms with Crippen molar-refractivity contribution in [3.8, 4) is 11.4 Å². The summed E-state index contributed by atoms with van der Waals surface area (Å²) in [6.45, 7) is 0.484. The number of cyclic esters (lactones) is 1. The Morgan fingerprint density at radius 1 is 1.32 bits per heavy atom. The summed E-state index contributed by atoms with van der Waals surface area (Å²) in [4.78, 5) is 36.4. The number of carbonyl (C=O) groups excluding carboxylic acids is 2. The maximum absolute atomic E-state index is 14.9. The summed E-state index contributed by atoms with van der Waals surface area (Å²) in [5, 5.41) is 2.67. The number of hydrogen-bond acceptors (Lipinski definition) is 5. The van der Waals surface area contributed by atoms with Crippen LogP contribution in [-0.4, -0.2) is 40.2 Å². The highest BCUT2D eigenvalue weighted by Gasteiger charge is 2.34. The number of alkyl halides is 1. The van der Waals surface area contributed by atoms with E-state index >= 15 is 0 Å². The number of benzene rings is 1. The van der Waals surface area contributed by atoms with E-state index in [9.17, 15) is 18.8 Å². The molecular weight excluding hydrogens is 484 g/mol. The summed E-state index contributed by atoms with van der Waals surface area (Å²) in [6, 6.07) is 5.52. The fraction of sp³-hybridized carbons (Fsp3) is 0.278. The number of ether oxygens (including phenoxy) is 2. The van der Waals surface area contributed by atoms with Gasteiger partial charge in [0.1, 0.15) is 24.1 Å². The van der Waals surface area contributed by atoms with Gasteiger partial charge in [0.2, 0.25) is 5.91 Å². The van der Waals surface area contributed by atoms with Crippen LogP contribution in [0.2, 0.25) is 0 Å². The maximum Gasteiger partial charge on any atom is 0.414 e. The molecular formula is C18H15FIN3O5. The molecule has 0 spiro atoms. The Bertz CT molecular complexity index is 1020. The number of carbonyl (C=O) groups is 2. The van der Waals surface area contributed by atoms with Crippen molar-refractivity contribution in [2.75, 3.05) is 22.4 Å². The predicted molar refractivity (Wildman–Crippen MR) is 106 cm³/mol. The largest absolute Gasteiger partial charge is 0.485 e. The second kappa shape index (κ2) is 7.41. The predicted octanol–water partition coefficient (Wildman–Crippen LogP) is 1.75. The Labute approximate surface area is 172 Å². The zero-order chi connectivity index (χ0) is 19.8. The van der Waals surface area contributed by atoms with Gasteiger partial charge in [-0.05, 0) is 0 Å². The molecule has 2 aliphatic heterocycles. The number of aromatic nitrogens is 1. The first kappa shape index (κ1) is 18.7. The van der Waals surface area contributed by atoms with E-state index in [0.29, 0.717) is 15.8 Å². The molecule has 0 saturated carbocycles. The number of nitrogens with one attached hydrogen (secondary N) is 1. The van der Waals surface area contributed by atoms with Crippen molar-refractivity contribution in [2.24, 2.45) is 0 Å². The molecule has 0 unspecified atom stereocenters. The first-order chi connectivity index (χ1) is 13.5. The van der Waals surface area contributed by atoms with Crippen molar-refractivity contribution in [3.05, 3.63) is 52.2 Å². The number of amides is 2. The first-order valence-corrected chi connectivity index (χ1v) is 9.98. The van der Waals surface area contributed by atoms with Crippen LogP contribution in [0.25, 0.3) is 5.69 Å². The third kappa shape index (κ3) is 3.43. The molecule has 3 heterocycles. The van der Waals surface area contributed by atoms with Crippen LogP contribution in [0, 0.1) is 5.82 Å². The van der Waals surface area contributed by atoms with Gasteiger partial charge in [0.25, 0.3) is 0 Å². The lowest BCUT2D eigenvalue weighted by atomic mass is 10.2. The van der Waals surface area contributed by atoms with Crippen LogP contribution < -0.4 is 20.4 Å². The van der Waals surface area contributed by atoms with Gasteiger partial charge in [0.15, 0.2) is 11.2 Å². The van der Waals surface area contributed by atoms with Crippen molar-refractivity contribution in [3.63, 3.8) is 0 Å². The average molecular weight is 499 g/mol. The average Bonchev–Trinajstić information content (AvgIpc) is 3.06. The Balaban J connectivity index is 1.60. The molecule has 2 aliphatic rings. The van der Waals surface area contributed by atoms with Crippen molar-refractivity contribution >= 4 is 40.3 Å². The number of anilines is 1. The van der Waals surface area contributed by atoms with Crippen molar-refractivity contribution in [1.82, 2.24) is 9.88 Å². The van der Waals surface area contributed by atoms with E-state index in [-0.39, 0.29) is 42.5 Å². The van der Waals surface area contributed by atoms with Gasteiger partial charge < -0.3 is 19.4 Å². The van der Waals surface area contributed by atoms with Gasteiger partial charge in [-0.2, -0.15) is 0 Å². The molecule has 1 fully saturated rings. The summed E-state index contributed by atoms with van der Waals surface area (Å²) in [6.07, 6.45) is 0.357. The summed E-state index contributed by atoms with van der Waals surface area (Å²) in [5.74, 6) is -0.479. The van der Waals surface area contributed by atoms with Crippen LogP contribution in [0.3, 0.4) is 0 Å². The molecule has 2 amide bonds. The van der Waals surface area contributed by atoms with Gasteiger partial charge >= 0.3 is 6.09 Å². The van der Waals surface area contributed by atoms with E-state index in [0.717, 1.165) is 0 Å². The highest BCUT2D eigenvalue weighted by molar-refractivity contribution is 14.1. The molecule has 0 bridgehead atoms. The number of halogens is 2. The topological polar surface area (TPSA) is 89.9 Å². The highest BCUT2D eigenvalue weighted by atomic mass is 127. The SMILES string of the molecule is O=C(CI)NC[C@H]1CN(c2cc(F)c3c(c2)OCc2cc(=O)ccn2-3)C(=O)O1. The molecule has 2 aromatic rings. The summed E-state index contributed by atoms with van der Waals surface area (Å²) < 4.78 is 27.6. The third-order valence-corrected chi connectivity index (χ3v) is 5.16. The van der Waals surface area contributed by atoms with E-state index < -0.39 is 18.0 Å². The Morgan fingerprint density at radius 2 is 2.14 bits per heavy atom. The normalized spacial score (nSPS) is 17.4. The molecule has 1 aromatic carbocycles. The summed E-state index contributed by atoms with van der Waals surface area (Å²) >= 11 is 1.94. The number of fused-ring (bicyclic) bond motifs is 3. The van der Waals surface area contributed by atoms with Crippen LogP contribution in [-0.2, 0) is 16.1 Å². The monoisotopic (exact) mass is 499 g/mol. The van der Waals surface area contributed by atoms with E-state index in [1.54, 1.807) is 10.6 Å². The summed E-state index contributed by atoms with van der Waals surface area (Å²) in [7, 11) is 0. The first-order valence-electron chi connectivity index (χ1n) is 8.45. The van der Waals surface area contributed by atoms with Crippen LogP contribution in [0.15, 0.2) is 35.3 Å². The second-order valence-corrected chi connectivity index (χ2v) is 7.10. The van der Waals surface area contributed by atoms with Crippen LogP contribution in [0.5, 0.6) is 5.75 Å². The molecule has 0 aliphatic carbocycles. The van der Waals surface area contributed by atoms with Gasteiger partial charge in [-0.3, -0.25) is 14.5 Å². The minimum atomic E-state index is -0.618. The molecule has 146 valence electrons. The van der Waals surface area contributed by atoms with Gasteiger partial charge in [-0.1, -0.05) is 22.6 Å². The molecule has 28 heavy (non-hydrogen) atoms. The van der Waals surface area contributed by atoms with E-state index in [1.807, 2.05) is 22.6 Å². The molecule has 1 saturated heterocycles. The van der Waals surface area contributed by atoms with Crippen LogP contribution in [0.4, 0.5) is 14.9 Å². The quantitative estimate of drug-likeness (QED) is 0.512. The molecule has 1 aromatic heterocycles. The molecule has 0 radical (unpaired) electrons. The maximum atomic E-state index is 14.9. The van der Waals surface area contributed by atoms with Gasteiger partial charge in [0.05, 0.1) is 28.9 Å². The zero-order valence-corrected chi connectivity index (χ0v) is 16.6. The van der Waals surface area contributed by atoms with E-state index in [1.165, 1.54) is 29.3 Å². The fourth-order valence-electron chi connectivity index (χ4n) is 3.18. The smallest absolute Gasteiger partial charge is 0.414 e. The van der Waals surface area contributed by atoms with E-state index in [2.05, 4.69) is 5.32 Å². The minimum Gasteiger partial charge on any atom is -0.485 e. The van der Waals surface area contributed by atoms with Crippen LogP contribution in [0.1, 0.15) is 5.69 Å². The number of nitrogens with zero attached hydrogens (tertiary/aromatic N) is 2. The number of rotatable bonds is 4. The number of hydrogen-bond donors (Lipinski definition) is 1. The standard InChI is InChI=1S/C18H15FIN3O5/c19-14-4-10(23-8-13(28-18(23)26)7-21-16(25)6-20)5-15-17(14)22-2-1-12(24)3-11(22)9-27-15/h1-5,13H,6-9H2,(H,21,25)/t13-/m0/s1. The zero-order valence-electron chi connectivity index (χ0n) is 14.5. The molecule has 8 nitrogen and oxygen atoms in total. The van der Waals surface area contributed by atoms with E-state index in [4.69, 9.17) is 9.47 Å². The highest BCUT2D eigenvalue weighted by Crippen LogP contribution is 2.36. The summed E-state index contributed by atoms with van der Waals surface area (Å²) in [5.41, 5.74) is 0.839. The fourth-order valence-corrected chi connectivity index (χ4v) is 3.45. The van der Waals surface area contributed by atoms with Gasteiger partial charge in [0, 0.05) is 30.5 Å². The Morgan fingerprint density at radius 3 is 2.93 bits per heavy atom. The lowest BCUT2D eigenvalue weighted by Gasteiger charge is -2.25. The lowest BCUT2D eigenvalue weighted by molar-refractivity contribution is -0.118. The van der Waals surface area contributed by atoms with Crippen molar-refractivity contribution in [2.45, 2.75) is 12.7 Å². The molecule has 1 atom stereocenters. The van der Waals surface area contributed by atoms with Crippen LogP contribution >= 0.6 is 22.6 Å².